The van der Waals surface area contributed by atoms with Crippen molar-refractivity contribution in [2.24, 2.45) is 0 Å². The molecular formula is C23H40N9O5P. The summed E-state index contributed by atoms with van der Waals surface area (Å²) in [6, 6.07) is 2.17. The largest absolute Gasteiger partial charge is 0.390 e. The van der Waals surface area contributed by atoms with E-state index in [9.17, 15) is 9.67 Å². The SMILES string of the molecule is CC(C)(O)CCn1cc(CNc2nc(NC3CCN(CCP(=O)(O)O)CC3)cc(N3CCOCC3)n2)nn1. The van der Waals surface area contributed by atoms with Gasteiger partial charge in [0.1, 0.15) is 17.3 Å². The predicted molar refractivity (Wildman–Crippen MR) is 143 cm³/mol. The number of nitrogens with zero attached hydrogens (tertiary/aromatic N) is 7. The number of piperidine rings is 1. The molecule has 5 N–H and O–H groups in total. The Morgan fingerprint density at radius 2 is 1.87 bits per heavy atom. The molecule has 0 amide bonds. The number of anilines is 3. The highest BCUT2D eigenvalue weighted by molar-refractivity contribution is 7.51. The molecule has 4 heterocycles. The van der Waals surface area contributed by atoms with Crippen LogP contribution in [-0.4, -0.2) is 108 Å². The summed E-state index contributed by atoms with van der Waals surface area (Å²) < 4.78 is 18.4. The first-order chi connectivity index (χ1) is 18.0. The molecule has 0 aromatic carbocycles. The van der Waals surface area contributed by atoms with Crippen molar-refractivity contribution in [3.05, 3.63) is 18.0 Å². The van der Waals surface area contributed by atoms with Gasteiger partial charge < -0.3 is 40.1 Å². The van der Waals surface area contributed by atoms with E-state index < -0.39 is 13.2 Å². The number of aryl methyl sites for hydroxylation is 1. The molecule has 2 aliphatic heterocycles. The van der Waals surface area contributed by atoms with Gasteiger partial charge in [-0.2, -0.15) is 9.97 Å². The van der Waals surface area contributed by atoms with Crippen LogP contribution in [0.25, 0.3) is 0 Å². The Morgan fingerprint density at radius 1 is 1.13 bits per heavy atom. The lowest BCUT2D eigenvalue weighted by Gasteiger charge is -2.33. The van der Waals surface area contributed by atoms with Crippen LogP contribution >= 0.6 is 7.60 Å². The van der Waals surface area contributed by atoms with Gasteiger partial charge in [-0.05, 0) is 33.1 Å². The van der Waals surface area contributed by atoms with Crippen LogP contribution in [0.3, 0.4) is 0 Å². The zero-order valence-corrected chi connectivity index (χ0v) is 23.1. The summed E-state index contributed by atoms with van der Waals surface area (Å²) in [7, 11) is -3.98. The zero-order valence-electron chi connectivity index (χ0n) is 22.2. The summed E-state index contributed by atoms with van der Waals surface area (Å²) in [6.45, 7) is 9.28. The standard InChI is InChI=1S/C23H40N9O5P/c1-23(2,33)5-8-32-17-19(28-29-32)16-24-22-26-20(15-21(27-22)31-9-12-37-13-10-31)25-18-3-6-30(7-4-18)11-14-38(34,35)36/h15,17-18,33H,3-14,16H2,1-2H3,(H2,34,35,36)(H2,24,25,26,27). The van der Waals surface area contributed by atoms with Crippen molar-refractivity contribution in [3.63, 3.8) is 0 Å². The van der Waals surface area contributed by atoms with E-state index in [1.165, 1.54) is 0 Å². The van der Waals surface area contributed by atoms with E-state index >= 15 is 0 Å². The second-order valence-electron chi connectivity index (χ2n) is 10.6. The van der Waals surface area contributed by atoms with E-state index in [4.69, 9.17) is 24.5 Å². The van der Waals surface area contributed by atoms with Gasteiger partial charge in [-0.25, -0.2) is 0 Å². The lowest BCUT2D eigenvalue weighted by atomic mass is 10.1. The molecular weight excluding hydrogens is 513 g/mol. The summed E-state index contributed by atoms with van der Waals surface area (Å²) in [5.41, 5.74) is -0.0144. The van der Waals surface area contributed by atoms with E-state index in [1.807, 2.05) is 12.3 Å². The number of hydrogen-bond acceptors (Lipinski definition) is 11. The van der Waals surface area contributed by atoms with Crippen LogP contribution < -0.4 is 15.5 Å². The van der Waals surface area contributed by atoms with Gasteiger partial charge in [0.25, 0.3) is 0 Å². The van der Waals surface area contributed by atoms with Crippen LogP contribution in [-0.2, 0) is 22.4 Å². The van der Waals surface area contributed by atoms with Gasteiger partial charge in [0.05, 0.1) is 37.7 Å². The van der Waals surface area contributed by atoms with Crippen LogP contribution in [0, 0.1) is 0 Å². The molecule has 2 aromatic heterocycles. The number of aliphatic hydroxyl groups is 1. The molecule has 4 rings (SSSR count). The van der Waals surface area contributed by atoms with Gasteiger partial charge in [-0.1, -0.05) is 5.21 Å². The second kappa shape index (κ2) is 12.7. The maximum absolute atomic E-state index is 11.2. The third kappa shape index (κ3) is 9.44. The number of morpholine rings is 1. The van der Waals surface area contributed by atoms with Crippen molar-refractivity contribution in [3.8, 4) is 0 Å². The molecule has 14 nitrogen and oxygen atoms in total. The second-order valence-corrected chi connectivity index (χ2v) is 12.3. The van der Waals surface area contributed by atoms with Crippen molar-refractivity contribution in [2.45, 2.75) is 57.8 Å². The van der Waals surface area contributed by atoms with Gasteiger partial charge in [-0.15, -0.1) is 5.10 Å². The Morgan fingerprint density at radius 3 is 2.55 bits per heavy atom. The fraction of sp³-hybridized carbons (Fsp3) is 0.739. The van der Waals surface area contributed by atoms with Crippen molar-refractivity contribution >= 4 is 25.2 Å². The summed E-state index contributed by atoms with van der Waals surface area (Å²) in [5, 5.41) is 25.1. The monoisotopic (exact) mass is 553 g/mol. The maximum Gasteiger partial charge on any atom is 0.326 e. The first-order valence-corrected chi connectivity index (χ1v) is 14.9. The average molecular weight is 554 g/mol. The van der Waals surface area contributed by atoms with Gasteiger partial charge in [0, 0.05) is 51.4 Å². The Labute approximate surface area is 222 Å². The molecule has 38 heavy (non-hydrogen) atoms. The highest BCUT2D eigenvalue weighted by atomic mass is 31.2. The lowest BCUT2D eigenvalue weighted by molar-refractivity contribution is 0.0649. The van der Waals surface area contributed by atoms with E-state index in [0.717, 1.165) is 56.4 Å². The van der Waals surface area contributed by atoms with Crippen LogP contribution in [0.5, 0.6) is 0 Å². The van der Waals surface area contributed by atoms with Gasteiger partial charge in [-0.3, -0.25) is 9.25 Å². The zero-order chi connectivity index (χ0) is 27.2. The molecule has 0 bridgehead atoms. The molecule has 2 aromatic rings. The molecule has 2 aliphatic rings. The number of nitrogens with one attached hydrogen (secondary N) is 2. The van der Waals surface area contributed by atoms with Crippen molar-refractivity contribution in [1.29, 1.82) is 0 Å². The van der Waals surface area contributed by atoms with Gasteiger partial charge in [0.2, 0.25) is 5.95 Å². The Kier molecular flexibility index (Phi) is 9.55. The number of ether oxygens (including phenoxy) is 1. The summed E-state index contributed by atoms with van der Waals surface area (Å²) >= 11 is 0. The third-order valence-corrected chi connectivity index (χ3v) is 7.44. The third-order valence-electron chi connectivity index (χ3n) is 6.66. The van der Waals surface area contributed by atoms with Crippen LogP contribution in [0.4, 0.5) is 17.6 Å². The van der Waals surface area contributed by atoms with Gasteiger partial charge >= 0.3 is 7.60 Å². The van der Waals surface area contributed by atoms with Crippen LogP contribution in [0.2, 0.25) is 0 Å². The minimum Gasteiger partial charge on any atom is -0.390 e. The maximum atomic E-state index is 11.2. The summed E-state index contributed by atoms with van der Waals surface area (Å²) in [5.74, 6) is 2.04. The molecule has 2 saturated heterocycles. The van der Waals surface area contributed by atoms with E-state index in [1.54, 1.807) is 18.5 Å². The predicted octanol–water partition coefficient (Wildman–Crippen LogP) is 0.732. The van der Waals surface area contributed by atoms with Crippen molar-refractivity contribution < 1.29 is 24.2 Å². The Balaban J connectivity index is 1.38. The molecule has 2 fully saturated rings. The van der Waals surface area contributed by atoms with E-state index in [-0.39, 0.29) is 12.2 Å². The fourth-order valence-electron chi connectivity index (χ4n) is 4.41. The van der Waals surface area contributed by atoms with Gasteiger partial charge in [0.15, 0.2) is 0 Å². The average Bonchev–Trinajstić information content (AvgIpc) is 3.33. The minimum absolute atomic E-state index is 0.109. The first kappa shape index (κ1) is 28.7. The molecule has 0 unspecified atom stereocenters. The lowest BCUT2D eigenvalue weighted by Crippen LogP contribution is -2.40. The normalized spacial score (nSPS) is 18.1. The van der Waals surface area contributed by atoms with Crippen LogP contribution in [0.15, 0.2) is 12.3 Å². The smallest absolute Gasteiger partial charge is 0.326 e. The fourth-order valence-corrected chi connectivity index (χ4v) is 4.95. The molecule has 0 spiro atoms. The molecule has 0 saturated carbocycles. The number of aromatic nitrogens is 5. The number of hydrogen-bond donors (Lipinski definition) is 5. The Bertz CT molecular complexity index is 1080. The molecule has 0 atom stereocenters. The van der Waals surface area contributed by atoms with Crippen LogP contribution in [0.1, 0.15) is 38.8 Å². The van der Waals surface area contributed by atoms with Crippen molar-refractivity contribution in [1.82, 2.24) is 29.9 Å². The minimum atomic E-state index is -3.98. The Hall–Kier alpha value is -2.35. The topological polar surface area (TPSA) is 174 Å². The highest BCUT2D eigenvalue weighted by Crippen LogP contribution is 2.34. The summed E-state index contributed by atoms with van der Waals surface area (Å²) in [4.78, 5) is 32.0. The molecule has 0 aliphatic carbocycles. The number of rotatable bonds is 12. The summed E-state index contributed by atoms with van der Waals surface area (Å²) in [6.07, 6.45) is 4.03. The van der Waals surface area contributed by atoms with E-state index in [2.05, 4.69) is 30.7 Å². The number of likely N-dealkylation sites (tertiary alicyclic amines) is 1. The molecule has 0 radical (unpaired) electrons. The molecule has 212 valence electrons. The van der Waals surface area contributed by atoms with E-state index in [0.29, 0.717) is 45.2 Å². The quantitative estimate of drug-likeness (QED) is 0.233. The first-order valence-electron chi connectivity index (χ1n) is 13.1. The van der Waals surface area contributed by atoms with Crippen molar-refractivity contribution in [2.75, 3.05) is 67.6 Å². The molecule has 15 heteroatoms. The highest BCUT2D eigenvalue weighted by Gasteiger charge is 2.23.